The first-order valence-electron chi connectivity index (χ1n) is 11.3. The Morgan fingerprint density at radius 3 is 2.39 bits per heavy atom. The van der Waals surface area contributed by atoms with Gasteiger partial charge < -0.3 is 4.90 Å². The highest BCUT2D eigenvalue weighted by Gasteiger charge is 2.24. The van der Waals surface area contributed by atoms with Crippen LogP contribution in [0.1, 0.15) is 35.9 Å². The van der Waals surface area contributed by atoms with Gasteiger partial charge in [0.1, 0.15) is 0 Å². The second-order valence-electron chi connectivity index (χ2n) is 8.60. The molecule has 2 aromatic rings. The van der Waals surface area contributed by atoms with Crippen LogP contribution >= 0.6 is 0 Å². The number of rotatable bonds is 5. The zero-order valence-electron chi connectivity index (χ0n) is 19.5. The van der Waals surface area contributed by atoms with E-state index in [9.17, 15) is 9.59 Å². The molecule has 1 aromatic carbocycles. The van der Waals surface area contributed by atoms with Gasteiger partial charge in [0, 0.05) is 44.8 Å². The van der Waals surface area contributed by atoms with Gasteiger partial charge in [0.05, 0.1) is 17.0 Å². The van der Waals surface area contributed by atoms with Crippen molar-refractivity contribution in [1.29, 1.82) is 0 Å². The van der Waals surface area contributed by atoms with E-state index in [2.05, 4.69) is 50.8 Å². The van der Waals surface area contributed by atoms with Gasteiger partial charge in [-0.25, -0.2) is 9.67 Å². The van der Waals surface area contributed by atoms with Gasteiger partial charge in [-0.15, -0.1) is 0 Å². The predicted octanol–water partition coefficient (Wildman–Crippen LogP) is 2.54. The molecule has 33 heavy (non-hydrogen) atoms. The number of amides is 2. The summed E-state index contributed by atoms with van der Waals surface area (Å²) in [6.07, 6.45) is 1.02. The van der Waals surface area contributed by atoms with Crippen LogP contribution in [0.15, 0.2) is 52.5 Å². The first-order valence-corrected chi connectivity index (χ1v) is 11.3. The van der Waals surface area contributed by atoms with Crippen molar-refractivity contribution in [3.05, 3.63) is 65.0 Å². The summed E-state index contributed by atoms with van der Waals surface area (Å²) in [6, 6.07) is 10.4. The minimum atomic E-state index is -0.395. The topological polar surface area (TPSA) is 83.2 Å². The summed E-state index contributed by atoms with van der Waals surface area (Å²) in [7, 11) is 0. The third kappa shape index (κ3) is 5.01. The predicted molar refractivity (Wildman–Crippen MR) is 128 cm³/mol. The standard InChI is InChI=1S/C25H30N6O2/c1-17-18(2)26-25(27-24(17)33)31-20(4)22(19(3)28-31)10-11-23(32)30-14-12-29(13-15-30)16-21-8-6-5-7-9-21/h5-9H,1,10-16H2,2-4H3. The van der Waals surface area contributed by atoms with Crippen molar-refractivity contribution in [2.75, 3.05) is 26.2 Å². The van der Waals surface area contributed by atoms with Crippen molar-refractivity contribution >= 4 is 23.5 Å². The molecule has 3 heterocycles. The quantitative estimate of drug-likeness (QED) is 0.661. The first kappa shape index (κ1) is 22.8. The minimum Gasteiger partial charge on any atom is -0.340 e. The Bertz CT molecular complexity index is 1140. The lowest BCUT2D eigenvalue weighted by Gasteiger charge is -2.34. The summed E-state index contributed by atoms with van der Waals surface area (Å²) >= 11 is 0. The molecule has 8 heteroatoms. The van der Waals surface area contributed by atoms with Crippen LogP contribution in [0, 0.1) is 13.8 Å². The maximum atomic E-state index is 12.9. The third-order valence-electron chi connectivity index (χ3n) is 6.36. The fourth-order valence-electron chi connectivity index (χ4n) is 4.27. The first-order chi connectivity index (χ1) is 15.8. The van der Waals surface area contributed by atoms with E-state index in [0.717, 1.165) is 49.7 Å². The lowest BCUT2D eigenvalue weighted by Crippen LogP contribution is -2.48. The summed E-state index contributed by atoms with van der Waals surface area (Å²) in [5.74, 6) is 0.0158. The number of aryl methyl sites for hydroxylation is 1. The van der Waals surface area contributed by atoms with Gasteiger partial charge in [-0.05, 0) is 38.3 Å². The Labute approximate surface area is 194 Å². The van der Waals surface area contributed by atoms with Gasteiger partial charge >= 0.3 is 0 Å². The van der Waals surface area contributed by atoms with Crippen molar-refractivity contribution in [3.63, 3.8) is 0 Å². The highest BCUT2D eigenvalue weighted by atomic mass is 16.2. The number of aliphatic imine (C=N–C) groups is 2. The molecule has 0 radical (unpaired) electrons. The van der Waals surface area contributed by atoms with Crippen LogP contribution in [-0.2, 0) is 22.6 Å². The van der Waals surface area contributed by atoms with Gasteiger partial charge in [-0.3, -0.25) is 14.5 Å². The molecule has 1 saturated heterocycles. The molecular formula is C25H30N6O2. The monoisotopic (exact) mass is 446 g/mol. The van der Waals surface area contributed by atoms with E-state index in [1.54, 1.807) is 11.6 Å². The maximum Gasteiger partial charge on any atom is 0.281 e. The lowest BCUT2D eigenvalue weighted by atomic mass is 10.1. The van der Waals surface area contributed by atoms with Crippen molar-refractivity contribution < 1.29 is 9.59 Å². The SMILES string of the molecule is C=C1C(=O)N=C(n2nc(C)c(CCC(=O)N3CCN(Cc4ccccc4)CC3)c2C)N=C1C. The van der Waals surface area contributed by atoms with Crippen molar-refractivity contribution in [2.24, 2.45) is 9.98 Å². The average Bonchev–Trinajstić information content (AvgIpc) is 3.10. The Morgan fingerprint density at radius 1 is 1.03 bits per heavy atom. The van der Waals surface area contributed by atoms with Crippen LogP contribution in [0.3, 0.4) is 0 Å². The van der Waals surface area contributed by atoms with Crippen molar-refractivity contribution in [2.45, 2.75) is 40.2 Å². The van der Waals surface area contributed by atoms with E-state index in [1.165, 1.54) is 5.56 Å². The van der Waals surface area contributed by atoms with Crippen LogP contribution in [-0.4, -0.2) is 69.2 Å². The molecule has 1 aromatic heterocycles. The Balaban J connectivity index is 1.34. The average molecular weight is 447 g/mol. The molecule has 0 aliphatic carbocycles. The third-order valence-corrected chi connectivity index (χ3v) is 6.36. The molecule has 2 aliphatic heterocycles. The fraction of sp³-hybridized carbons (Fsp3) is 0.400. The van der Waals surface area contributed by atoms with Crippen LogP contribution < -0.4 is 0 Å². The molecule has 1 fully saturated rings. The number of benzene rings is 1. The number of nitrogens with zero attached hydrogens (tertiary/aromatic N) is 6. The number of carbonyl (C=O) groups excluding carboxylic acids is 2. The second-order valence-corrected chi connectivity index (χ2v) is 8.60. The molecule has 172 valence electrons. The molecule has 0 saturated carbocycles. The van der Waals surface area contributed by atoms with Gasteiger partial charge in [0.15, 0.2) is 0 Å². The van der Waals surface area contributed by atoms with Gasteiger partial charge in [0.2, 0.25) is 5.91 Å². The summed E-state index contributed by atoms with van der Waals surface area (Å²) in [6.45, 7) is 13.5. The highest BCUT2D eigenvalue weighted by molar-refractivity contribution is 6.27. The van der Waals surface area contributed by atoms with E-state index >= 15 is 0 Å². The smallest absolute Gasteiger partial charge is 0.281 e. The maximum absolute atomic E-state index is 12.9. The lowest BCUT2D eigenvalue weighted by molar-refractivity contribution is -0.133. The van der Waals surface area contributed by atoms with E-state index < -0.39 is 5.91 Å². The number of hydrogen-bond acceptors (Lipinski definition) is 5. The normalized spacial score (nSPS) is 17.2. The molecule has 0 atom stereocenters. The van der Waals surface area contributed by atoms with Gasteiger partial charge in [-0.2, -0.15) is 10.1 Å². The molecule has 0 unspecified atom stereocenters. The molecule has 2 aliphatic rings. The molecule has 2 amide bonds. The molecule has 4 rings (SSSR count). The zero-order valence-corrected chi connectivity index (χ0v) is 19.5. The summed E-state index contributed by atoms with van der Waals surface area (Å²) < 4.78 is 1.59. The van der Waals surface area contributed by atoms with Gasteiger partial charge in [0.25, 0.3) is 11.9 Å². The van der Waals surface area contributed by atoms with E-state index in [1.807, 2.05) is 24.8 Å². The van der Waals surface area contributed by atoms with Crippen LogP contribution in [0.5, 0.6) is 0 Å². The van der Waals surface area contributed by atoms with Crippen LogP contribution in [0.4, 0.5) is 0 Å². The molecule has 0 bridgehead atoms. The summed E-state index contributed by atoms with van der Waals surface area (Å²) in [4.78, 5) is 37.6. The summed E-state index contributed by atoms with van der Waals surface area (Å²) in [5.41, 5.74) is 4.81. The Kier molecular flexibility index (Phi) is 6.65. The minimum absolute atomic E-state index is 0.163. The molecule has 0 N–H and O–H groups in total. The van der Waals surface area contributed by atoms with Gasteiger partial charge in [-0.1, -0.05) is 36.9 Å². The summed E-state index contributed by atoms with van der Waals surface area (Å²) in [5, 5.41) is 4.53. The van der Waals surface area contributed by atoms with Crippen LogP contribution in [0.25, 0.3) is 0 Å². The van der Waals surface area contributed by atoms with E-state index in [0.29, 0.717) is 24.1 Å². The zero-order chi connectivity index (χ0) is 23.5. The number of aromatic nitrogens is 2. The second kappa shape index (κ2) is 9.62. The number of piperazine rings is 1. The molecular weight excluding hydrogens is 416 g/mol. The highest BCUT2D eigenvalue weighted by Crippen LogP contribution is 2.18. The molecule has 0 spiro atoms. The van der Waals surface area contributed by atoms with Crippen molar-refractivity contribution in [1.82, 2.24) is 19.6 Å². The van der Waals surface area contributed by atoms with E-state index in [4.69, 9.17) is 0 Å². The fourth-order valence-corrected chi connectivity index (χ4v) is 4.27. The van der Waals surface area contributed by atoms with E-state index in [-0.39, 0.29) is 11.9 Å². The largest absolute Gasteiger partial charge is 0.340 e. The van der Waals surface area contributed by atoms with Crippen LogP contribution in [0.2, 0.25) is 0 Å². The number of carbonyl (C=O) groups is 2. The Morgan fingerprint density at radius 2 is 1.73 bits per heavy atom. The Hall–Kier alpha value is -3.39. The van der Waals surface area contributed by atoms with Crippen molar-refractivity contribution in [3.8, 4) is 0 Å². The molecule has 8 nitrogen and oxygen atoms in total. The number of hydrogen-bond donors (Lipinski definition) is 0.